The Bertz CT molecular complexity index is 473. The van der Waals surface area contributed by atoms with Crippen molar-refractivity contribution in [2.45, 2.75) is 39.8 Å². The van der Waals surface area contributed by atoms with Crippen molar-refractivity contribution in [3.8, 4) is 0 Å². The molecule has 0 aromatic carbocycles. The Hall–Kier alpha value is -1.55. The highest BCUT2D eigenvalue weighted by Gasteiger charge is 2.07. The average molecular weight is 247 g/mol. The molecular formula is C14H21N3O. The molecule has 2 aromatic rings. The molecule has 18 heavy (non-hydrogen) atoms. The van der Waals surface area contributed by atoms with Gasteiger partial charge in [0.15, 0.2) is 0 Å². The zero-order chi connectivity index (χ0) is 12.8. The fourth-order valence-electron chi connectivity index (χ4n) is 1.97. The molecule has 4 heteroatoms. The van der Waals surface area contributed by atoms with Gasteiger partial charge in [-0.15, -0.1) is 0 Å². The molecule has 98 valence electrons. The van der Waals surface area contributed by atoms with Gasteiger partial charge in [0, 0.05) is 18.9 Å². The van der Waals surface area contributed by atoms with Crippen LogP contribution in [0.15, 0.2) is 28.9 Å². The summed E-state index contributed by atoms with van der Waals surface area (Å²) in [5, 5.41) is 3.25. The zero-order valence-corrected chi connectivity index (χ0v) is 11.1. The molecule has 0 saturated carbocycles. The van der Waals surface area contributed by atoms with Crippen molar-refractivity contribution >= 4 is 0 Å². The molecule has 2 rings (SSSR count). The molecule has 0 saturated heterocycles. The van der Waals surface area contributed by atoms with E-state index in [1.165, 1.54) is 0 Å². The minimum Gasteiger partial charge on any atom is -0.464 e. The SMILES string of the molecule is CCCn1ccnc1Cc1ccc(CNCC)o1. The third-order valence-corrected chi connectivity index (χ3v) is 2.87. The van der Waals surface area contributed by atoms with E-state index in [0.717, 1.165) is 49.8 Å². The Morgan fingerprint density at radius 1 is 1.28 bits per heavy atom. The third kappa shape index (κ3) is 3.23. The molecule has 0 aliphatic rings. The van der Waals surface area contributed by atoms with Gasteiger partial charge in [-0.3, -0.25) is 0 Å². The first kappa shape index (κ1) is 12.9. The van der Waals surface area contributed by atoms with Gasteiger partial charge in [-0.25, -0.2) is 4.98 Å². The lowest BCUT2D eigenvalue weighted by Gasteiger charge is -2.04. The van der Waals surface area contributed by atoms with E-state index in [1.807, 2.05) is 24.5 Å². The first-order valence-electron chi connectivity index (χ1n) is 6.61. The van der Waals surface area contributed by atoms with Crippen LogP contribution in [-0.2, 0) is 19.5 Å². The maximum atomic E-state index is 5.78. The molecule has 0 spiro atoms. The number of hydrogen-bond donors (Lipinski definition) is 1. The van der Waals surface area contributed by atoms with Gasteiger partial charge in [0.1, 0.15) is 17.3 Å². The lowest BCUT2D eigenvalue weighted by molar-refractivity contribution is 0.451. The fourth-order valence-corrected chi connectivity index (χ4v) is 1.97. The van der Waals surface area contributed by atoms with Gasteiger partial charge in [-0.2, -0.15) is 0 Å². The van der Waals surface area contributed by atoms with E-state index >= 15 is 0 Å². The highest BCUT2D eigenvalue weighted by Crippen LogP contribution is 2.12. The lowest BCUT2D eigenvalue weighted by Crippen LogP contribution is -2.10. The predicted octanol–water partition coefficient (Wildman–Crippen LogP) is 2.59. The van der Waals surface area contributed by atoms with Crippen molar-refractivity contribution in [3.05, 3.63) is 41.9 Å². The Morgan fingerprint density at radius 3 is 2.89 bits per heavy atom. The van der Waals surface area contributed by atoms with Crippen LogP contribution in [0.4, 0.5) is 0 Å². The summed E-state index contributed by atoms with van der Waals surface area (Å²) in [5.74, 6) is 3.04. The minimum absolute atomic E-state index is 0.763. The van der Waals surface area contributed by atoms with E-state index < -0.39 is 0 Å². The largest absolute Gasteiger partial charge is 0.464 e. The van der Waals surface area contributed by atoms with Crippen LogP contribution < -0.4 is 5.32 Å². The Labute approximate surface area is 108 Å². The summed E-state index contributed by atoms with van der Waals surface area (Å²) >= 11 is 0. The molecule has 4 nitrogen and oxygen atoms in total. The van der Waals surface area contributed by atoms with Crippen LogP contribution in [0.5, 0.6) is 0 Å². The molecule has 0 fully saturated rings. The number of furan rings is 1. The summed E-state index contributed by atoms with van der Waals surface area (Å²) < 4.78 is 7.96. The van der Waals surface area contributed by atoms with Crippen LogP contribution in [0.2, 0.25) is 0 Å². The van der Waals surface area contributed by atoms with Crippen molar-refractivity contribution < 1.29 is 4.42 Å². The molecular weight excluding hydrogens is 226 g/mol. The van der Waals surface area contributed by atoms with Gasteiger partial charge in [0.2, 0.25) is 0 Å². The summed E-state index contributed by atoms with van der Waals surface area (Å²) in [6.07, 6.45) is 5.76. The van der Waals surface area contributed by atoms with Gasteiger partial charge < -0.3 is 14.3 Å². The molecule has 1 N–H and O–H groups in total. The van der Waals surface area contributed by atoms with Gasteiger partial charge in [0.25, 0.3) is 0 Å². The monoisotopic (exact) mass is 247 g/mol. The summed E-state index contributed by atoms with van der Waals surface area (Å²) in [6, 6.07) is 4.07. The molecule has 0 aliphatic heterocycles. The molecule has 0 atom stereocenters. The second kappa shape index (κ2) is 6.40. The summed E-state index contributed by atoms with van der Waals surface area (Å²) in [6.45, 7) is 7.02. The quantitative estimate of drug-likeness (QED) is 0.817. The van der Waals surface area contributed by atoms with E-state index in [1.54, 1.807) is 0 Å². The van der Waals surface area contributed by atoms with Crippen LogP contribution in [-0.4, -0.2) is 16.1 Å². The van der Waals surface area contributed by atoms with Gasteiger partial charge in [-0.05, 0) is 25.1 Å². The number of imidazole rings is 1. The van der Waals surface area contributed by atoms with Crippen LogP contribution in [0, 0.1) is 0 Å². The molecule has 0 aliphatic carbocycles. The number of aryl methyl sites for hydroxylation is 1. The van der Waals surface area contributed by atoms with E-state index in [4.69, 9.17) is 4.42 Å². The number of nitrogens with zero attached hydrogens (tertiary/aromatic N) is 2. The maximum Gasteiger partial charge on any atom is 0.117 e. The molecule has 2 aromatic heterocycles. The van der Waals surface area contributed by atoms with E-state index in [2.05, 4.69) is 28.7 Å². The number of hydrogen-bond acceptors (Lipinski definition) is 3. The van der Waals surface area contributed by atoms with Crippen molar-refractivity contribution in [1.82, 2.24) is 14.9 Å². The second-order valence-electron chi connectivity index (χ2n) is 4.36. The third-order valence-electron chi connectivity index (χ3n) is 2.87. The highest BCUT2D eigenvalue weighted by atomic mass is 16.3. The first-order chi connectivity index (χ1) is 8.83. The Morgan fingerprint density at radius 2 is 2.11 bits per heavy atom. The van der Waals surface area contributed by atoms with Crippen molar-refractivity contribution in [2.75, 3.05) is 6.54 Å². The van der Waals surface area contributed by atoms with Crippen LogP contribution >= 0.6 is 0 Å². The predicted molar refractivity (Wildman–Crippen MR) is 71.4 cm³/mol. The van der Waals surface area contributed by atoms with Crippen molar-refractivity contribution in [3.63, 3.8) is 0 Å². The smallest absolute Gasteiger partial charge is 0.117 e. The number of nitrogens with one attached hydrogen (secondary N) is 1. The first-order valence-corrected chi connectivity index (χ1v) is 6.61. The van der Waals surface area contributed by atoms with Gasteiger partial charge in [0.05, 0.1) is 13.0 Å². The van der Waals surface area contributed by atoms with Crippen molar-refractivity contribution in [1.29, 1.82) is 0 Å². The molecule has 0 radical (unpaired) electrons. The van der Waals surface area contributed by atoms with Crippen LogP contribution in [0.3, 0.4) is 0 Å². The van der Waals surface area contributed by atoms with Gasteiger partial charge in [-0.1, -0.05) is 13.8 Å². The molecule has 2 heterocycles. The Balaban J connectivity index is 1.99. The second-order valence-corrected chi connectivity index (χ2v) is 4.36. The van der Waals surface area contributed by atoms with E-state index in [-0.39, 0.29) is 0 Å². The standard InChI is InChI=1S/C14H21N3O/c1-3-8-17-9-7-16-14(17)10-12-5-6-13(18-12)11-15-4-2/h5-7,9,15H,3-4,8,10-11H2,1-2H3. The van der Waals surface area contributed by atoms with E-state index in [9.17, 15) is 0 Å². The topological polar surface area (TPSA) is 43.0 Å². The average Bonchev–Trinajstić information content (AvgIpc) is 2.98. The minimum atomic E-state index is 0.763. The summed E-state index contributed by atoms with van der Waals surface area (Å²) in [7, 11) is 0. The molecule has 0 amide bonds. The van der Waals surface area contributed by atoms with Crippen LogP contribution in [0.25, 0.3) is 0 Å². The van der Waals surface area contributed by atoms with Crippen molar-refractivity contribution in [2.24, 2.45) is 0 Å². The van der Waals surface area contributed by atoms with E-state index in [0.29, 0.717) is 0 Å². The number of aromatic nitrogens is 2. The number of rotatable bonds is 7. The Kier molecular flexibility index (Phi) is 4.59. The normalized spacial score (nSPS) is 11.0. The summed E-state index contributed by atoms with van der Waals surface area (Å²) in [4.78, 5) is 4.39. The van der Waals surface area contributed by atoms with Crippen LogP contribution in [0.1, 0.15) is 37.6 Å². The van der Waals surface area contributed by atoms with Gasteiger partial charge >= 0.3 is 0 Å². The summed E-state index contributed by atoms with van der Waals surface area (Å²) in [5.41, 5.74) is 0. The molecule has 0 unspecified atom stereocenters. The maximum absolute atomic E-state index is 5.78. The zero-order valence-electron chi connectivity index (χ0n) is 11.1. The lowest BCUT2D eigenvalue weighted by atomic mass is 10.3. The highest BCUT2D eigenvalue weighted by molar-refractivity contribution is 5.12. The molecule has 0 bridgehead atoms. The fraction of sp³-hybridized carbons (Fsp3) is 0.500.